The van der Waals surface area contributed by atoms with Gasteiger partial charge in [0.1, 0.15) is 5.75 Å². The van der Waals surface area contributed by atoms with Crippen molar-refractivity contribution in [2.75, 3.05) is 7.11 Å². The number of ether oxygens (including phenoxy) is 1. The summed E-state index contributed by atoms with van der Waals surface area (Å²) in [7, 11) is 1.68. The van der Waals surface area contributed by atoms with E-state index in [1.165, 1.54) is 11.6 Å². The molecule has 1 N–H and O–H groups in total. The number of hydrogen-bond acceptors (Lipinski definition) is 2. The van der Waals surface area contributed by atoms with E-state index in [1.807, 2.05) is 26.0 Å². The van der Waals surface area contributed by atoms with Crippen molar-refractivity contribution in [2.24, 2.45) is 0 Å². The molecular formula is C16H22O2. The number of aliphatic hydroxyl groups is 1. The first-order valence-corrected chi connectivity index (χ1v) is 6.02. The summed E-state index contributed by atoms with van der Waals surface area (Å²) >= 11 is 0. The molecule has 0 amide bonds. The van der Waals surface area contributed by atoms with Crippen molar-refractivity contribution in [1.82, 2.24) is 0 Å². The van der Waals surface area contributed by atoms with Crippen molar-refractivity contribution in [1.29, 1.82) is 0 Å². The van der Waals surface area contributed by atoms with E-state index in [-0.39, 0.29) is 0 Å². The Morgan fingerprint density at radius 1 is 1.28 bits per heavy atom. The molecule has 18 heavy (non-hydrogen) atoms. The predicted octanol–water partition coefficient (Wildman–Crippen LogP) is 3.57. The largest absolute Gasteiger partial charge is 0.496 e. The minimum absolute atomic E-state index is 0.901. The second-order valence-electron chi connectivity index (χ2n) is 4.82. The van der Waals surface area contributed by atoms with E-state index in [0.29, 0.717) is 0 Å². The van der Waals surface area contributed by atoms with Gasteiger partial charge >= 0.3 is 0 Å². The zero-order valence-corrected chi connectivity index (χ0v) is 11.9. The van der Waals surface area contributed by atoms with Crippen LogP contribution in [0, 0.1) is 20.8 Å². The fourth-order valence-corrected chi connectivity index (χ4v) is 1.85. The molecule has 0 fully saturated rings. The van der Waals surface area contributed by atoms with E-state index in [1.54, 1.807) is 20.1 Å². The van der Waals surface area contributed by atoms with Crippen LogP contribution in [0.3, 0.4) is 0 Å². The third-order valence-corrected chi connectivity index (χ3v) is 3.33. The molecule has 1 unspecified atom stereocenters. The van der Waals surface area contributed by atoms with Crippen LogP contribution in [0.2, 0.25) is 0 Å². The minimum Gasteiger partial charge on any atom is -0.496 e. The van der Waals surface area contributed by atoms with Gasteiger partial charge in [0.15, 0.2) is 0 Å². The summed E-state index contributed by atoms with van der Waals surface area (Å²) < 4.78 is 5.34. The Morgan fingerprint density at radius 3 is 2.39 bits per heavy atom. The second kappa shape index (κ2) is 5.40. The number of benzene rings is 1. The van der Waals surface area contributed by atoms with Gasteiger partial charge in [0, 0.05) is 0 Å². The van der Waals surface area contributed by atoms with Crippen molar-refractivity contribution in [2.45, 2.75) is 33.3 Å². The van der Waals surface area contributed by atoms with Gasteiger partial charge in [0.25, 0.3) is 0 Å². The van der Waals surface area contributed by atoms with Crippen LogP contribution in [0.5, 0.6) is 5.75 Å². The van der Waals surface area contributed by atoms with Gasteiger partial charge in [-0.1, -0.05) is 18.7 Å². The lowest BCUT2D eigenvalue weighted by atomic mass is 9.95. The molecule has 0 saturated carbocycles. The van der Waals surface area contributed by atoms with Crippen LogP contribution >= 0.6 is 0 Å². The van der Waals surface area contributed by atoms with Gasteiger partial charge in [-0.2, -0.15) is 0 Å². The van der Waals surface area contributed by atoms with Gasteiger partial charge < -0.3 is 9.84 Å². The molecule has 0 saturated heterocycles. The van der Waals surface area contributed by atoms with Crippen molar-refractivity contribution in [3.05, 3.63) is 47.1 Å². The van der Waals surface area contributed by atoms with Crippen LogP contribution in [0.25, 0.3) is 6.08 Å². The van der Waals surface area contributed by atoms with E-state index in [9.17, 15) is 5.11 Å². The lowest BCUT2D eigenvalue weighted by Gasteiger charge is -2.16. The first kappa shape index (κ1) is 14.5. The third kappa shape index (κ3) is 3.02. The van der Waals surface area contributed by atoms with Gasteiger partial charge in [-0.25, -0.2) is 0 Å². The fourth-order valence-electron chi connectivity index (χ4n) is 1.85. The Morgan fingerprint density at radius 2 is 1.89 bits per heavy atom. The standard InChI is InChI=1S/C16H22O2/c1-7-16(5,17)9-8-14-11(2)10-15(18-6)13(4)12(14)3/h7-10,17H,1H2,2-6H3/b9-8+. The smallest absolute Gasteiger partial charge is 0.122 e. The molecular weight excluding hydrogens is 224 g/mol. The maximum absolute atomic E-state index is 9.91. The van der Waals surface area contributed by atoms with Crippen molar-refractivity contribution < 1.29 is 9.84 Å². The molecule has 0 aliphatic rings. The van der Waals surface area contributed by atoms with Gasteiger partial charge in [-0.15, -0.1) is 0 Å². The van der Waals surface area contributed by atoms with Crippen molar-refractivity contribution >= 4 is 6.08 Å². The SMILES string of the molecule is C=CC(C)(O)/C=C/c1c(C)cc(OC)c(C)c1C. The van der Waals surface area contributed by atoms with Crippen molar-refractivity contribution in [3.8, 4) is 5.75 Å². The molecule has 0 heterocycles. The molecule has 0 radical (unpaired) electrons. The fraction of sp³-hybridized carbons (Fsp3) is 0.375. The lowest BCUT2D eigenvalue weighted by Crippen LogP contribution is -2.15. The summed E-state index contributed by atoms with van der Waals surface area (Å²) in [5.74, 6) is 0.901. The highest BCUT2D eigenvalue weighted by molar-refractivity contribution is 5.63. The van der Waals surface area contributed by atoms with Crippen LogP contribution in [0.4, 0.5) is 0 Å². The Balaban J connectivity index is 3.27. The molecule has 2 nitrogen and oxygen atoms in total. The summed E-state index contributed by atoms with van der Waals surface area (Å²) in [5.41, 5.74) is 3.57. The van der Waals surface area contributed by atoms with Crippen LogP contribution in [-0.2, 0) is 0 Å². The number of methoxy groups -OCH3 is 1. The maximum atomic E-state index is 9.91. The summed E-state index contributed by atoms with van der Waals surface area (Å²) in [5, 5.41) is 9.91. The summed E-state index contributed by atoms with van der Waals surface area (Å²) in [6, 6.07) is 2.02. The quantitative estimate of drug-likeness (QED) is 0.823. The first-order chi connectivity index (χ1) is 8.32. The molecule has 0 aromatic heterocycles. The van der Waals surface area contributed by atoms with Crippen LogP contribution < -0.4 is 4.74 Å². The first-order valence-electron chi connectivity index (χ1n) is 6.02. The van der Waals surface area contributed by atoms with E-state index in [2.05, 4.69) is 13.5 Å². The number of rotatable bonds is 4. The number of hydrogen-bond donors (Lipinski definition) is 1. The second-order valence-corrected chi connectivity index (χ2v) is 4.82. The van der Waals surface area contributed by atoms with Gasteiger partial charge in [0.05, 0.1) is 12.7 Å². The molecule has 1 aromatic rings. The Bertz CT molecular complexity index is 482. The van der Waals surface area contributed by atoms with E-state index >= 15 is 0 Å². The Labute approximate surface area is 110 Å². The molecule has 0 bridgehead atoms. The third-order valence-electron chi connectivity index (χ3n) is 3.33. The summed E-state index contributed by atoms with van der Waals surface area (Å²) in [6.45, 7) is 11.5. The van der Waals surface area contributed by atoms with Crippen LogP contribution in [0.1, 0.15) is 29.2 Å². The van der Waals surface area contributed by atoms with Gasteiger partial charge in [-0.3, -0.25) is 0 Å². The monoisotopic (exact) mass is 246 g/mol. The molecule has 1 atom stereocenters. The molecule has 0 aliphatic carbocycles. The highest BCUT2D eigenvalue weighted by Gasteiger charge is 2.12. The molecule has 0 aliphatic heterocycles. The highest BCUT2D eigenvalue weighted by atomic mass is 16.5. The average molecular weight is 246 g/mol. The molecule has 2 heteroatoms. The molecule has 1 aromatic carbocycles. The van der Waals surface area contributed by atoms with Gasteiger partial charge in [0.2, 0.25) is 0 Å². The van der Waals surface area contributed by atoms with Crippen LogP contribution in [0.15, 0.2) is 24.8 Å². The summed E-state index contributed by atoms with van der Waals surface area (Å²) in [6.07, 6.45) is 5.21. The van der Waals surface area contributed by atoms with E-state index in [0.717, 1.165) is 22.4 Å². The maximum Gasteiger partial charge on any atom is 0.122 e. The zero-order chi connectivity index (χ0) is 13.9. The predicted molar refractivity (Wildman–Crippen MR) is 77.1 cm³/mol. The molecule has 98 valence electrons. The van der Waals surface area contributed by atoms with Gasteiger partial charge in [-0.05, 0) is 62.1 Å². The topological polar surface area (TPSA) is 29.5 Å². The average Bonchev–Trinajstić information content (AvgIpc) is 2.33. The normalized spacial score (nSPS) is 14.6. The minimum atomic E-state index is -0.979. The Hall–Kier alpha value is -1.54. The summed E-state index contributed by atoms with van der Waals surface area (Å²) in [4.78, 5) is 0. The molecule has 1 rings (SSSR count). The van der Waals surface area contributed by atoms with E-state index < -0.39 is 5.60 Å². The Kier molecular flexibility index (Phi) is 4.36. The lowest BCUT2D eigenvalue weighted by molar-refractivity contribution is 0.165. The molecule has 0 spiro atoms. The zero-order valence-electron chi connectivity index (χ0n) is 11.9. The van der Waals surface area contributed by atoms with Crippen LogP contribution in [-0.4, -0.2) is 17.8 Å². The van der Waals surface area contributed by atoms with Crippen molar-refractivity contribution in [3.63, 3.8) is 0 Å². The number of aryl methyl sites for hydroxylation is 1. The highest BCUT2D eigenvalue weighted by Crippen LogP contribution is 2.28. The van der Waals surface area contributed by atoms with E-state index in [4.69, 9.17) is 4.74 Å².